The summed E-state index contributed by atoms with van der Waals surface area (Å²) in [6, 6.07) is 17.1. The summed E-state index contributed by atoms with van der Waals surface area (Å²) >= 11 is 19.0. The fourth-order valence-electron chi connectivity index (χ4n) is 3.64. The molecule has 0 spiro atoms. The highest BCUT2D eigenvalue weighted by molar-refractivity contribution is 6.34. The molecule has 182 valence electrons. The number of hydrogen-bond acceptors (Lipinski definition) is 4. The van der Waals surface area contributed by atoms with Crippen molar-refractivity contribution in [3.8, 4) is 0 Å². The van der Waals surface area contributed by atoms with Gasteiger partial charge in [0.15, 0.2) is 0 Å². The maximum atomic E-state index is 12.7. The Morgan fingerprint density at radius 1 is 0.917 bits per heavy atom. The number of aromatic nitrogens is 2. The molecular weight excluding hydrogens is 519 g/mol. The van der Waals surface area contributed by atoms with Crippen LogP contribution in [0.2, 0.25) is 15.1 Å². The van der Waals surface area contributed by atoms with Crippen LogP contribution in [0.15, 0.2) is 84.0 Å². The van der Waals surface area contributed by atoms with Gasteiger partial charge in [-0.15, -0.1) is 0 Å². The lowest BCUT2D eigenvalue weighted by molar-refractivity contribution is 0.0959. The van der Waals surface area contributed by atoms with E-state index in [9.17, 15) is 9.59 Å². The van der Waals surface area contributed by atoms with Crippen LogP contribution in [0.1, 0.15) is 32.6 Å². The Labute approximate surface area is 223 Å². The smallest absolute Gasteiger partial charge is 0.253 e. The highest BCUT2D eigenvalue weighted by Gasteiger charge is 2.13. The predicted molar refractivity (Wildman–Crippen MR) is 144 cm³/mol. The zero-order chi connectivity index (χ0) is 25.7. The van der Waals surface area contributed by atoms with E-state index in [2.05, 4.69) is 10.3 Å². The third kappa shape index (κ3) is 6.40. The molecular formula is C27H21Cl3N4O2. The lowest BCUT2D eigenvalue weighted by Gasteiger charge is -2.12. The van der Waals surface area contributed by atoms with Gasteiger partial charge in [-0.1, -0.05) is 53.0 Å². The van der Waals surface area contributed by atoms with Crippen LogP contribution < -0.4 is 10.9 Å². The zero-order valence-corrected chi connectivity index (χ0v) is 21.2. The van der Waals surface area contributed by atoms with Gasteiger partial charge in [0, 0.05) is 46.1 Å². The Kier molecular flexibility index (Phi) is 8.21. The minimum atomic E-state index is -0.344. The molecule has 2 heterocycles. The van der Waals surface area contributed by atoms with Gasteiger partial charge in [0.1, 0.15) is 0 Å². The lowest BCUT2D eigenvalue weighted by Crippen LogP contribution is -2.29. The second-order valence-corrected chi connectivity index (χ2v) is 9.38. The molecule has 2 aromatic carbocycles. The molecule has 36 heavy (non-hydrogen) atoms. The first-order chi connectivity index (χ1) is 17.3. The molecule has 4 rings (SSSR count). The minimum absolute atomic E-state index is 0.0524. The Hall–Kier alpha value is -3.45. The van der Waals surface area contributed by atoms with Gasteiger partial charge in [0.2, 0.25) is 0 Å². The maximum absolute atomic E-state index is 12.7. The number of pyridine rings is 2. The van der Waals surface area contributed by atoms with Crippen LogP contribution >= 0.6 is 34.8 Å². The van der Waals surface area contributed by atoms with E-state index in [0.29, 0.717) is 39.2 Å². The predicted octanol–water partition coefficient (Wildman–Crippen LogP) is 5.64. The summed E-state index contributed by atoms with van der Waals surface area (Å²) in [4.78, 5) is 28.9. The number of benzene rings is 2. The number of nitrogens with zero attached hydrogens (tertiary/aromatic N) is 2. The molecule has 0 aliphatic rings. The summed E-state index contributed by atoms with van der Waals surface area (Å²) in [6.07, 6.45) is 5.24. The summed E-state index contributed by atoms with van der Waals surface area (Å²) in [7, 11) is 0. The van der Waals surface area contributed by atoms with Crippen molar-refractivity contribution in [3.05, 3.63) is 132 Å². The molecule has 0 radical (unpaired) electrons. The summed E-state index contributed by atoms with van der Waals surface area (Å²) in [5.41, 5.74) is 3.40. The Morgan fingerprint density at radius 3 is 2.47 bits per heavy atom. The largest absolute Gasteiger partial charge is 0.346 e. The number of carbonyl (C=O) groups is 1. The van der Waals surface area contributed by atoms with Gasteiger partial charge in [-0.2, -0.15) is 0 Å². The highest BCUT2D eigenvalue weighted by Crippen LogP contribution is 2.28. The molecule has 2 aromatic heterocycles. The van der Waals surface area contributed by atoms with Crippen LogP contribution in [-0.2, 0) is 13.0 Å². The number of hydrogen-bond donors (Lipinski definition) is 2. The zero-order valence-electron chi connectivity index (χ0n) is 19.0. The Morgan fingerprint density at radius 2 is 1.69 bits per heavy atom. The molecule has 6 nitrogen and oxygen atoms in total. The van der Waals surface area contributed by atoms with Crippen LogP contribution in [0.25, 0.3) is 0 Å². The summed E-state index contributed by atoms with van der Waals surface area (Å²) in [5, 5.41) is 12.4. The van der Waals surface area contributed by atoms with Crippen molar-refractivity contribution in [3.63, 3.8) is 0 Å². The van der Waals surface area contributed by atoms with Crippen molar-refractivity contribution in [2.24, 2.45) is 0 Å². The van der Waals surface area contributed by atoms with Crippen molar-refractivity contribution in [1.82, 2.24) is 14.9 Å². The van der Waals surface area contributed by atoms with Crippen molar-refractivity contribution in [2.75, 3.05) is 6.54 Å². The molecule has 0 saturated heterocycles. The molecule has 4 aromatic rings. The van der Waals surface area contributed by atoms with Crippen molar-refractivity contribution >= 4 is 46.4 Å². The number of halogens is 3. The van der Waals surface area contributed by atoms with E-state index in [4.69, 9.17) is 40.2 Å². The van der Waals surface area contributed by atoms with Crippen LogP contribution in [0.3, 0.4) is 0 Å². The first-order valence-electron chi connectivity index (χ1n) is 11.0. The second-order valence-electron chi connectivity index (χ2n) is 8.13. The summed E-state index contributed by atoms with van der Waals surface area (Å²) in [5.74, 6) is -0.344. The average Bonchev–Trinajstić information content (AvgIpc) is 2.87. The SMILES string of the molecule is N=C(CNC(=O)c1cncc(Cc2cc(Cl)c(Cn3ccccc3=O)cc2Cl)c1)c1cccc(Cl)c1. The van der Waals surface area contributed by atoms with E-state index >= 15 is 0 Å². The van der Waals surface area contributed by atoms with Crippen LogP contribution in [-0.4, -0.2) is 27.7 Å². The molecule has 9 heteroatoms. The molecule has 2 N–H and O–H groups in total. The van der Waals surface area contributed by atoms with Gasteiger partial charge in [-0.25, -0.2) is 0 Å². The van der Waals surface area contributed by atoms with E-state index in [0.717, 1.165) is 16.7 Å². The van der Waals surface area contributed by atoms with Crippen molar-refractivity contribution < 1.29 is 4.79 Å². The van der Waals surface area contributed by atoms with Gasteiger partial charge in [0.25, 0.3) is 11.5 Å². The lowest BCUT2D eigenvalue weighted by atomic mass is 10.0. The molecule has 0 unspecified atom stereocenters. The van der Waals surface area contributed by atoms with E-state index in [1.165, 1.54) is 12.3 Å². The first kappa shape index (κ1) is 25.6. The third-order valence-electron chi connectivity index (χ3n) is 5.51. The van der Waals surface area contributed by atoms with Gasteiger partial charge in [-0.3, -0.25) is 14.6 Å². The van der Waals surface area contributed by atoms with E-state index in [1.807, 2.05) is 0 Å². The summed E-state index contributed by atoms with van der Waals surface area (Å²) in [6.45, 7) is 0.358. The number of rotatable bonds is 8. The quantitative estimate of drug-likeness (QED) is 0.284. The summed E-state index contributed by atoms with van der Waals surface area (Å²) < 4.78 is 1.55. The highest BCUT2D eigenvalue weighted by atomic mass is 35.5. The maximum Gasteiger partial charge on any atom is 0.253 e. The molecule has 0 bridgehead atoms. The molecule has 0 aliphatic carbocycles. The topological polar surface area (TPSA) is 87.8 Å². The monoisotopic (exact) mass is 538 g/mol. The van der Waals surface area contributed by atoms with E-state index in [1.54, 1.807) is 71.6 Å². The number of carbonyl (C=O) groups excluding carboxylic acids is 1. The normalized spacial score (nSPS) is 10.8. The molecule has 0 atom stereocenters. The Balaban J connectivity index is 1.44. The first-order valence-corrected chi connectivity index (χ1v) is 12.1. The van der Waals surface area contributed by atoms with Crippen LogP contribution in [0.4, 0.5) is 0 Å². The van der Waals surface area contributed by atoms with Crippen molar-refractivity contribution in [2.45, 2.75) is 13.0 Å². The third-order valence-corrected chi connectivity index (χ3v) is 6.44. The molecule has 0 fully saturated rings. The van der Waals surface area contributed by atoms with Crippen molar-refractivity contribution in [1.29, 1.82) is 5.41 Å². The number of amides is 1. The Bertz CT molecular complexity index is 1500. The van der Waals surface area contributed by atoms with Gasteiger partial charge < -0.3 is 15.3 Å². The minimum Gasteiger partial charge on any atom is -0.346 e. The second kappa shape index (κ2) is 11.5. The molecule has 0 aliphatic heterocycles. The van der Waals surface area contributed by atoms with Crippen LogP contribution in [0.5, 0.6) is 0 Å². The van der Waals surface area contributed by atoms with Gasteiger partial charge in [0.05, 0.1) is 24.4 Å². The van der Waals surface area contributed by atoms with E-state index in [-0.39, 0.29) is 23.7 Å². The standard InChI is InChI=1S/C27H21Cl3N4O2/c28-22-5-3-4-18(10-22)25(31)15-33-27(36)20-9-17(13-32-14-20)8-19-11-24(30)21(12-23(19)29)16-34-7-2-1-6-26(34)35/h1-7,9-14,31H,8,15-16H2,(H,33,36). The van der Waals surface area contributed by atoms with Crippen LogP contribution in [0, 0.1) is 5.41 Å². The molecule has 0 saturated carbocycles. The van der Waals surface area contributed by atoms with Gasteiger partial charge in [-0.05, 0) is 58.7 Å². The fourth-order valence-corrected chi connectivity index (χ4v) is 4.33. The van der Waals surface area contributed by atoms with E-state index < -0.39 is 0 Å². The number of nitrogens with one attached hydrogen (secondary N) is 2. The molecule has 1 amide bonds. The van der Waals surface area contributed by atoms with Gasteiger partial charge >= 0.3 is 0 Å². The fraction of sp³-hybridized carbons (Fsp3) is 0.111. The average molecular weight is 540 g/mol.